The highest BCUT2D eigenvalue weighted by Crippen LogP contribution is 2.17. The second-order valence-electron chi connectivity index (χ2n) is 5.49. The molecule has 0 aliphatic rings. The van der Waals surface area contributed by atoms with Crippen LogP contribution in [0, 0.1) is 6.92 Å². The molecule has 1 amide bonds. The van der Waals surface area contributed by atoms with Crippen LogP contribution in [0.4, 0.5) is 0 Å². The maximum atomic E-state index is 12.1. The maximum absolute atomic E-state index is 12.1. The zero-order valence-electron chi connectivity index (χ0n) is 15.3. The SMILES string of the molecule is CNC(=O)/C(=N/OC)c1cccc(C)c1CO/N=C(\C)c1ccncc1. The van der Waals surface area contributed by atoms with Crippen LogP contribution in [0.15, 0.2) is 53.0 Å². The maximum Gasteiger partial charge on any atom is 0.273 e. The number of aromatic nitrogens is 1. The Morgan fingerprint density at radius 1 is 1.19 bits per heavy atom. The molecule has 0 radical (unpaired) electrons. The number of nitrogens with zero attached hydrogens (tertiary/aromatic N) is 3. The van der Waals surface area contributed by atoms with Crippen molar-refractivity contribution in [2.75, 3.05) is 14.2 Å². The number of hydrogen-bond acceptors (Lipinski definition) is 6. The van der Waals surface area contributed by atoms with E-state index in [9.17, 15) is 4.79 Å². The highest BCUT2D eigenvalue weighted by atomic mass is 16.6. The first-order chi connectivity index (χ1) is 12.6. The summed E-state index contributed by atoms with van der Waals surface area (Å²) in [4.78, 5) is 26.5. The van der Waals surface area contributed by atoms with E-state index < -0.39 is 0 Å². The second kappa shape index (κ2) is 9.31. The van der Waals surface area contributed by atoms with Gasteiger partial charge in [0.15, 0.2) is 5.71 Å². The van der Waals surface area contributed by atoms with E-state index in [1.54, 1.807) is 25.5 Å². The van der Waals surface area contributed by atoms with Crippen molar-refractivity contribution < 1.29 is 14.5 Å². The summed E-state index contributed by atoms with van der Waals surface area (Å²) in [6.45, 7) is 4.00. The van der Waals surface area contributed by atoms with E-state index in [0.717, 1.165) is 22.4 Å². The summed E-state index contributed by atoms with van der Waals surface area (Å²) in [6, 6.07) is 9.31. The van der Waals surface area contributed by atoms with E-state index in [2.05, 4.69) is 20.6 Å². The topological polar surface area (TPSA) is 85.2 Å². The van der Waals surface area contributed by atoms with Crippen LogP contribution in [0.1, 0.15) is 29.2 Å². The Bertz CT molecular complexity index is 817. The van der Waals surface area contributed by atoms with Crippen LogP contribution in [-0.4, -0.2) is 36.5 Å². The minimum Gasteiger partial charge on any atom is -0.398 e. The number of aryl methyl sites for hydroxylation is 1. The van der Waals surface area contributed by atoms with Crippen LogP contribution in [0.5, 0.6) is 0 Å². The summed E-state index contributed by atoms with van der Waals surface area (Å²) < 4.78 is 0. The van der Waals surface area contributed by atoms with Crippen LogP contribution in [0.2, 0.25) is 0 Å². The average molecular weight is 354 g/mol. The first-order valence-electron chi connectivity index (χ1n) is 8.07. The number of pyridine rings is 1. The molecule has 0 saturated carbocycles. The Balaban J connectivity index is 2.27. The molecule has 1 aromatic heterocycles. The smallest absolute Gasteiger partial charge is 0.273 e. The van der Waals surface area contributed by atoms with Gasteiger partial charge in [0, 0.05) is 36.1 Å². The molecule has 0 spiro atoms. The molecule has 0 atom stereocenters. The number of likely N-dealkylation sites (N-methyl/N-ethyl adjacent to an activating group) is 1. The molecule has 0 aliphatic carbocycles. The van der Waals surface area contributed by atoms with Gasteiger partial charge in [-0.15, -0.1) is 0 Å². The number of carbonyl (C=O) groups excluding carboxylic acids is 1. The van der Waals surface area contributed by atoms with Crippen LogP contribution in [0.3, 0.4) is 0 Å². The van der Waals surface area contributed by atoms with Crippen molar-refractivity contribution >= 4 is 17.3 Å². The second-order valence-corrected chi connectivity index (χ2v) is 5.49. The van der Waals surface area contributed by atoms with E-state index in [1.165, 1.54) is 7.11 Å². The molecule has 1 heterocycles. The Kier molecular flexibility index (Phi) is 6.84. The lowest BCUT2D eigenvalue weighted by Crippen LogP contribution is -2.29. The number of benzene rings is 1. The number of amides is 1. The molecule has 7 heteroatoms. The monoisotopic (exact) mass is 354 g/mol. The van der Waals surface area contributed by atoms with Gasteiger partial charge in [0.1, 0.15) is 13.7 Å². The lowest BCUT2D eigenvalue weighted by atomic mass is 9.98. The van der Waals surface area contributed by atoms with Gasteiger partial charge in [0.25, 0.3) is 5.91 Å². The molecule has 0 saturated heterocycles. The fourth-order valence-electron chi connectivity index (χ4n) is 2.38. The van der Waals surface area contributed by atoms with E-state index in [-0.39, 0.29) is 18.2 Å². The predicted molar refractivity (Wildman–Crippen MR) is 100 cm³/mol. The van der Waals surface area contributed by atoms with E-state index >= 15 is 0 Å². The summed E-state index contributed by atoms with van der Waals surface area (Å²) >= 11 is 0. The molecule has 1 aromatic carbocycles. The van der Waals surface area contributed by atoms with Gasteiger partial charge in [-0.1, -0.05) is 28.5 Å². The van der Waals surface area contributed by atoms with Crippen molar-refractivity contribution in [3.05, 3.63) is 65.0 Å². The summed E-state index contributed by atoms with van der Waals surface area (Å²) in [6.07, 6.45) is 3.40. The van der Waals surface area contributed by atoms with Crippen LogP contribution < -0.4 is 5.32 Å². The van der Waals surface area contributed by atoms with Gasteiger partial charge in [-0.25, -0.2) is 0 Å². The van der Waals surface area contributed by atoms with Crippen LogP contribution >= 0.6 is 0 Å². The van der Waals surface area contributed by atoms with E-state index in [0.29, 0.717) is 5.56 Å². The molecule has 0 fully saturated rings. The van der Waals surface area contributed by atoms with Gasteiger partial charge in [0.2, 0.25) is 0 Å². The van der Waals surface area contributed by atoms with Crippen LogP contribution in [-0.2, 0) is 21.1 Å². The van der Waals surface area contributed by atoms with Crippen molar-refractivity contribution in [1.82, 2.24) is 10.3 Å². The summed E-state index contributed by atoms with van der Waals surface area (Å²) in [7, 11) is 2.94. The fourth-order valence-corrected chi connectivity index (χ4v) is 2.38. The molecule has 0 bridgehead atoms. The number of nitrogens with one attached hydrogen (secondary N) is 1. The summed E-state index contributed by atoms with van der Waals surface area (Å²) in [5, 5.41) is 10.6. The zero-order valence-corrected chi connectivity index (χ0v) is 15.3. The zero-order chi connectivity index (χ0) is 18.9. The van der Waals surface area contributed by atoms with Crippen molar-refractivity contribution in [3.63, 3.8) is 0 Å². The van der Waals surface area contributed by atoms with E-state index in [1.807, 2.05) is 38.1 Å². The van der Waals surface area contributed by atoms with Crippen LogP contribution in [0.25, 0.3) is 0 Å². The quantitative estimate of drug-likeness (QED) is 0.611. The molecule has 136 valence electrons. The third-order valence-corrected chi connectivity index (χ3v) is 3.80. The summed E-state index contributed by atoms with van der Waals surface area (Å²) in [5.41, 5.74) is 4.27. The first-order valence-corrected chi connectivity index (χ1v) is 8.07. The van der Waals surface area contributed by atoms with E-state index in [4.69, 9.17) is 9.68 Å². The van der Waals surface area contributed by atoms with Crippen molar-refractivity contribution in [2.45, 2.75) is 20.5 Å². The van der Waals surface area contributed by atoms with Gasteiger partial charge in [0.05, 0.1) is 5.71 Å². The van der Waals surface area contributed by atoms with Gasteiger partial charge >= 0.3 is 0 Å². The van der Waals surface area contributed by atoms with Gasteiger partial charge in [-0.3, -0.25) is 9.78 Å². The predicted octanol–water partition coefficient (Wildman–Crippen LogP) is 2.43. The highest BCUT2D eigenvalue weighted by Gasteiger charge is 2.19. The molecule has 0 unspecified atom stereocenters. The highest BCUT2D eigenvalue weighted by molar-refractivity contribution is 6.45. The molecule has 2 aromatic rings. The number of carbonyl (C=O) groups is 1. The standard InChI is InChI=1S/C19H22N4O3/c1-13-6-5-7-16(18(23-25-4)19(24)20-3)17(13)12-26-22-14(2)15-8-10-21-11-9-15/h5-11H,12H2,1-4H3,(H,20,24)/b22-14+,23-18+. The number of oxime groups is 2. The molecule has 7 nitrogen and oxygen atoms in total. The Labute approximate surface area is 152 Å². The first kappa shape index (κ1) is 19.1. The van der Waals surface area contributed by atoms with Crippen molar-refractivity contribution in [1.29, 1.82) is 0 Å². The Morgan fingerprint density at radius 3 is 2.58 bits per heavy atom. The van der Waals surface area contributed by atoms with Crippen molar-refractivity contribution in [3.8, 4) is 0 Å². The molecule has 2 rings (SSSR count). The molecule has 26 heavy (non-hydrogen) atoms. The fraction of sp³-hybridized carbons (Fsp3) is 0.263. The Morgan fingerprint density at radius 2 is 1.92 bits per heavy atom. The lowest BCUT2D eigenvalue weighted by Gasteiger charge is -2.13. The molecule has 1 N–H and O–H groups in total. The molecule has 0 aliphatic heterocycles. The number of rotatable bonds is 7. The minimum atomic E-state index is -0.338. The minimum absolute atomic E-state index is 0.187. The molecular weight excluding hydrogens is 332 g/mol. The van der Waals surface area contributed by atoms with Gasteiger partial charge in [-0.2, -0.15) is 0 Å². The average Bonchev–Trinajstić information content (AvgIpc) is 2.67. The summed E-state index contributed by atoms with van der Waals surface area (Å²) in [5.74, 6) is -0.338. The lowest BCUT2D eigenvalue weighted by molar-refractivity contribution is -0.114. The van der Waals surface area contributed by atoms with Crippen molar-refractivity contribution in [2.24, 2.45) is 10.3 Å². The normalized spacial score (nSPS) is 11.8. The molecular formula is C19H22N4O3. The number of hydrogen-bond donors (Lipinski definition) is 1. The third kappa shape index (κ3) is 4.66. The van der Waals surface area contributed by atoms with Gasteiger partial charge in [-0.05, 0) is 31.5 Å². The largest absolute Gasteiger partial charge is 0.398 e. The Hall–Kier alpha value is -3.22. The third-order valence-electron chi connectivity index (χ3n) is 3.80. The van der Waals surface area contributed by atoms with Gasteiger partial charge < -0.3 is 15.0 Å².